The summed E-state index contributed by atoms with van der Waals surface area (Å²) in [6.45, 7) is 3.14. The van der Waals surface area contributed by atoms with Crippen LogP contribution < -0.4 is 14.2 Å². The molecule has 1 aromatic heterocycles. The first-order valence-corrected chi connectivity index (χ1v) is 9.97. The molecule has 0 saturated heterocycles. The predicted octanol–water partition coefficient (Wildman–Crippen LogP) is 3.52. The van der Waals surface area contributed by atoms with E-state index in [0.29, 0.717) is 48.0 Å². The highest BCUT2D eigenvalue weighted by atomic mass is 32.2. The highest BCUT2D eigenvalue weighted by Crippen LogP contribution is 2.42. The molecule has 1 aliphatic heterocycles. The number of benzene rings is 2. The third-order valence-electron chi connectivity index (χ3n) is 4.10. The quantitative estimate of drug-likeness (QED) is 0.629. The molecule has 2 N–H and O–H groups in total. The molecule has 28 heavy (non-hydrogen) atoms. The van der Waals surface area contributed by atoms with Gasteiger partial charge in [0.05, 0.1) is 17.0 Å². The van der Waals surface area contributed by atoms with Crippen LogP contribution in [-0.4, -0.2) is 38.3 Å². The van der Waals surface area contributed by atoms with Gasteiger partial charge in [0.1, 0.15) is 19.0 Å². The fourth-order valence-corrected chi connectivity index (χ4v) is 3.58. The Morgan fingerprint density at radius 2 is 1.82 bits per heavy atom. The van der Waals surface area contributed by atoms with E-state index in [-0.39, 0.29) is 16.5 Å². The van der Waals surface area contributed by atoms with Crippen LogP contribution in [0.1, 0.15) is 6.92 Å². The average molecular weight is 403 g/mol. The second-order valence-electron chi connectivity index (χ2n) is 5.92. The second-order valence-corrected chi connectivity index (χ2v) is 7.51. The Bertz CT molecular complexity index is 1150. The molecule has 9 nitrogen and oxygen atoms in total. The predicted molar refractivity (Wildman–Crippen MR) is 100 cm³/mol. The zero-order valence-corrected chi connectivity index (χ0v) is 15.7. The van der Waals surface area contributed by atoms with Crippen LogP contribution in [0.5, 0.6) is 23.1 Å². The van der Waals surface area contributed by atoms with Gasteiger partial charge < -0.3 is 24.3 Å². The van der Waals surface area contributed by atoms with Crippen molar-refractivity contribution in [3.63, 3.8) is 0 Å². The Balaban J connectivity index is 1.68. The summed E-state index contributed by atoms with van der Waals surface area (Å²) in [6, 6.07) is 9.13. The number of sulfonamides is 1. The molecule has 0 unspecified atom stereocenters. The van der Waals surface area contributed by atoms with Crippen molar-refractivity contribution in [2.24, 2.45) is 9.63 Å². The summed E-state index contributed by atoms with van der Waals surface area (Å²) < 4.78 is 44.7. The van der Waals surface area contributed by atoms with E-state index in [4.69, 9.17) is 14.2 Å². The van der Waals surface area contributed by atoms with Gasteiger partial charge in [0.25, 0.3) is 10.0 Å². The van der Waals surface area contributed by atoms with Crippen LogP contribution in [0.4, 0.5) is 5.69 Å². The van der Waals surface area contributed by atoms with E-state index in [0.717, 1.165) is 0 Å². The van der Waals surface area contributed by atoms with E-state index in [1.165, 1.54) is 12.1 Å². The van der Waals surface area contributed by atoms with Crippen LogP contribution in [0, 0.1) is 0 Å². The van der Waals surface area contributed by atoms with Crippen molar-refractivity contribution < 1.29 is 27.7 Å². The number of aromatic nitrogens is 1. The first kappa shape index (κ1) is 18.1. The Labute approximate surface area is 160 Å². The summed E-state index contributed by atoms with van der Waals surface area (Å²) >= 11 is 0. The minimum atomic E-state index is -4.05. The molecular weight excluding hydrogens is 386 g/mol. The van der Waals surface area contributed by atoms with Gasteiger partial charge in [0.2, 0.25) is 5.88 Å². The van der Waals surface area contributed by atoms with Crippen molar-refractivity contribution in [2.75, 3.05) is 19.8 Å². The van der Waals surface area contributed by atoms with Gasteiger partial charge in [-0.1, -0.05) is 4.52 Å². The summed E-state index contributed by atoms with van der Waals surface area (Å²) in [4.78, 5) is 2.70. The molecule has 0 bridgehead atoms. The summed E-state index contributed by atoms with van der Waals surface area (Å²) in [6.07, 6.45) is 0. The molecule has 146 valence electrons. The van der Waals surface area contributed by atoms with Gasteiger partial charge >= 0.3 is 0 Å². The van der Waals surface area contributed by atoms with E-state index in [2.05, 4.69) is 14.6 Å². The van der Waals surface area contributed by atoms with Crippen LogP contribution >= 0.6 is 0 Å². The number of hydrogen-bond donors (Lipinski definition) is 2. The van der Waals surface area contributed by atoms with E-state index in [1.807, 2.05) is 6.92 Å². The number of fused-ring (bicyclic) bond motifs is 2. The Hall–Kier alpha value is -3.27. The van der Waals surface area contributed by atoms with Crippen LogP contribution in [-0.2, 0) is 10.0 Å². The van der Waals surface area contributed by atoms with E-state index in [9.17, 15) is 13.5 Å². The minimum absolute atomic E-state index is 0.00137. The van der Waals surface area contributed by atoms with Gasteiger partial charge in [0.15, 0.2) is 17.2 Å². The number of aromatic hydroxyl groups is 1. The molecule has 2 heterocycles. The number of aromatic amines is 1. The molecule has 0 spiro atoms. The van der Waals surface area contributed by atoms with Crippen LogP contribution in [0.3, 0.4) is 0 Å². The van der Waals surface area contributed by atoms with Crippen molar-refractivity contribution in [3.05, 3.63) is 36.4 Å². The van der Waals surface area contributed by atoms with Gasteiger partial charge in [-0.05, 0) is 37.3 Å². The third-order valence-corrected chi connectivity index (χ3v) is 5.26. The molecule has 0 amide bonds. The Morgan fingerprint density at radius 3 is 2.50 bits per heavy atom. The Kier molecular flexibility index (Phi) is 4.55. The molecule has 3 aromatic rings. The number of hydrogen-bond acceptors (Lipinski definition) is 7. The highest BCUT2D eigenvalue weighted by molar-refractivity contribution is 7.90. The van der Waals surface area contributed by atoms with E-state index < -0.39 is 10.0 Å². The number of H-pyrrole nitrogens is 1. The number of nitrogens with one attached hydrogen (secondary N) is 1. The fourth-order valence-electron chi connectivity index (χ4n) is 2.82. The van der Waals surface area contributed by atoms with Gasteiger partial charge in [-0.3, -0.25) is 0 Å². The molecule has 0 atom stereocenters. The minimum Gasteiger partial charge on any atom is -0.494 e. The van der Waals surface area contributed by atoms with E-state index in [1.54, 1.807) is 24.3 Å². The average Bonchev–Trinajstić information content (AvgIpc) is 2.99. The fraction of sp³-hybridized carbons (Fsp3) is 0.222. The zero-order chi connectivity index (χ0) is 19.7. The van der Waals surface area contributed by atoms with Gasteiger partial charge in [-0.15, -0.1) is 5.11 Å². The van der Waals surface area contributed by atoms with Crippen molar-refractivity contribution in [1.82, 2.24) is 4.98 Å². The summed E-state index contributed by atoms with van der Waals surface area (Å²) in [5.74, 6) is 1.27. The van der Waals surface area contributed by atoms with Crippen molar-refractivity contribution in [2.45, 2.75) is 11.8 Å². The monoisotopic (exact) mass is 403 g/mol. The van der Waals surface area contributed by atoms with Crippen LogP contribution in [0.25, 0.3) is 10.9 Å². The summed E-state index contributed by atoms with van der Waals surface area (Å²) in [5, 5.41) is 14.4. The lowest BCUT2D eigenvalue weighted by molar-refractivity contribution is 0.172. The normalized spacial score (nSPS) is 13.9. The lowest BCUT2D eigenvalue weighted by atomic mass is 10.2. The molecule has 2 aromatic carbocycles. The lowest BCUT2D eigenvalue weighted by Crippen LogP contribution is -2.15. The summed E-state index contributed by atoms with van der Waals surface area (Å²) in [7, 11) is -4.05. The largest absolute Gasteiger partial charge is 0.494 e. The molecule has 0 saturated carbocycles. The number of rotatable bonds is 5. The lowest BCUT2D eigenvalue weighted by Gasteiger charge is -2.17. The van der Waals surface area contributed by atoms with Crippen molar-refractivity contribution in [3.8, 4) is 23.1 Å². The SMILES string of the molecule is CCOc1ccc(S(=O)(=O)N=Nc2c(O)[nH]c3cc4c(cc23)OCCO4)cc1. The standard InChI is InChI=1S/C18H17N3O6S/c1-2-25-11-3-5-12(6-4-11)28(23,24)21-20-17-13-9-15-16(27-8-7-26-15)10-14(13)19-18(17)22/h3-6,9-10,19,22H,2,7-8H2,1H3. The van der Waals surface area contributed by atoms with Crippen molar-refractivity contribution in [1.29, 1.82) is 0 Å². The van der Waals surface area contributed by atoms with Gasteiger partial charge in [-0.2, -0.15) is 8.42 Å². The molecule has 0 fully saturated rings. The van der Waals surface area contributed by atoms with Crippen molar-refractivity contribution >= 4 is 26.6 Å². The van der Waals surface area contributed by atoms with Gasteiger partial charge in [-0.25, -0.2) is 0 Å². The smallest absolute Gasteiger partial charge is 0.299 e. The highest BCUT2D eigenvalue weighted by Gasteiger charge is 2.19. The maximum Gasteiger partial charge on any atom is 0.299 e. The number of ether oxygens (including phenoxy) is 3. The topological polar surface area (TPSA) is 123 Å². The van der Waals surface area contributed by atoms with Crippen LogP contribution in [0.2, 0.25) is 0 Å². The summed E-state index contributed by atoms with van der Waals surface area (Å²) in [5.41, 5.74) is 0.524. The molecule has 0 radical (unpaired) electrons. The van der Waals surface area contributed by atoms with Gasteiger partial charge in [0, 0.05) is 11.5 Å². The first-order valence-electron chi connectivity index (χ1n) is 8.53. The molecule has 1 aliphatic rings. The number of nitrogens with zero attached hydrogens (tertiary/aromatic N) is 2. The molecule has 4 rings (SSSR count). The Morgan fingerprint density at radius 1 is 1.14 bits per heavy atom. The second kappa shape index (κ2) is 7.04. The van der Waals surface area contributed by atoms with E-state index >= 15 is 0 Å². The molecule has 10 heteroatoms. The maximum absolute atomic E-state index is 12.4. The van der Waals surface area contributed by atoms with Crippen LogP contribution in [0.15, 0.2) is 50.9 Å². The zero-order valence-electron chi connectivity index (χ0n) is 14.9. The third kappa shape index (κ3) is 3.33. The molecule has 0 aliphatic carbocycles. The first-order chi connectivity index (χ1) is 13.5. The molecular formula is C18H17N3O6S. The maximum atomic E-state index is 12.4.